The molecular formula is C82H159NO5. The summed E-state index contributed by atoms with van der Waals surface area (Å²) in [6.45, 7) is 4.98. The van der Waals surface area contributed by atoms with E-state index in [-0.39, 0.29) is 18.5 Å². The molecule has 0 saturated heterocycles. The Morgan fingerprint density at radius 2 is 0.568 bits per heavy atom. The molecule has 0 aromatic rings. The lowest BCUT2D eigenvalue weighted by Gasteiger charge is -2.22. The predicted molar refractivity (Wildman–Crippen MR) is 389 cm³/mol. The summed E-state index contributed by atoms with van der Waals surface area (Å²) in [5.41, 5.74) is 0. The normalized spacial score (nSPS) is 12.5. The lowest BCUT2D eigenvalue weighted by Crippen LogP contribution is -2.45. The van der Waals surface area contributed by atoms with Crippen LogP contribution in [0.2, 0.25) is 0 Å². The number of aliphatic hydroxyl groups excluding tert-OH is 2. The second-order valence-electron chi connectivity index (χ2n) is 28.1. The highest BCUT2D eigenvalue weighted by molar-refractivity contribution is 5.76. The molecule has 0 bridgehead atoms. The summed E-state index contributed by atoms with van der Waals surface area (Å²) in [7, 11) is 0. The number of carbonyl (C=O) groups excluding carboxylic acids is 2. The van der Waals surface area contributed by atoms with Gasteiger partial charge in [0.2, 0.25) is 5.91 Å². The van der Waals surface area contributed by atoms with E-state index < -0.39 is 12.1 Å². The number of hydrogen-bond donors (Lipinski definition) is 3. The molecule has 1 amide bonds. The van der Waals surface area contributed by atoms with Crippen LogP contribution in [-0.4, -0.2) is 47.4 Å². The Labute approximate surface area is 551 Å². The first-order chi connectivity index (χ1) is 43.5. The van der Waals surface area contributed by atoms with Crippen molar-refractivity contribution in [1.82, 2.24) is 5.32 Å². The highest BCUT2D eigenvalue weighted by Crippen LogP contribution is 2.20. The van der Waals surface area contributed by atoms with Crippen molar-refractivity contribution in [2.24, 2.45) is 0 Å². The zero-order valence-corrected chi connectivity index (χ0v) is 60.0. The number of allylic oxidation sites excluding steroid dienone is 4. The summed E-state index contributed by atoms with van der Waals surface area (Å²) in [4.78, 5) is 24.7. The van der Waals surface area contributed by atoms with Gasteiger partial charge in [0.25, 0.3) is 0 Å². The molecular weight excluding hydrogens is 1080 g/mol. The first-order valence-electron chi connectivity index (χ1n) is 40.6. The number of hydrogen-bond acceptors (Lipinski definition) is 5. The van der Waals surface area contributed by atoms with Crippen molar-refractivity contribution in [2.45, 2.75) is 475 Å². The molecule has 3 N–H and O–H groups in total. The Morgan fingerprint density at radius 3 is 0.886 bits per heavy atom. The molecule has 6 nitrogen and oxygen atoms in total. The van der Waals surface area contributed by atoms with Crippen LogP contribution in [0.25, 0.3) is 0 Å². The van der Waals surface area contributed by atoms with E-state index in [1.165, 1.54) is 379 Å². The van der Waals surface area contributed by atoms with Crippen LogP contribution < -0.4 is 5.32 Å². The molecule has 0 fully saturated rings. The van der Waals surface area contributed by atoms with Crippen LogP contribution in [0.3, 0.4) is 0 Å². The Kier molecular flexibility index (Phi) is 76.3. The van der Waals surface area contributed by atoms with E-state index in [0.29, 0.717) is 25.9 Å². The zero-order chi connectivity index (χ0) is 63.5. The largest absolute Gasteiger partial charge is 0.466 e. The van der Waals surface area contributed by atoms with E-state index in [2.05, 4.69) is 43.5 Å². The maximum atomic E-state index is 12.6. The fraction of sp³-hybridized carbons (Fsp3) is 0.927. The van der Waals surface area contributed by atoms with Gasteiger partial charge in [-0.2, -0.15) is 0 Å². The van der Waals surface area contributed by atoms with E-state index in [4.69, 9.17) is 4.74 Å². The van der Waals surface area contributed by atoms with Gasteiger partial charge in [-0.3, -0.25) is 9.59 Å². The standard InChI is InChI=1S/C82H159NO5/c1-3-5-7-9-11-13-15-17-19-21-23-24-25-32-35-39-42-46-50-54-58-62-66-70-74-80(85)79(78-84)83-81(86)75-71-67-63-59-55-51-47-43-40-36-33-30-28-26-27-29-31-34-37-41-45-49-53-57-61-65-69-73-77-88-82(87)76-72-68-64-60-56-52-48-44-38-22-20-18-16-14-12-10-8-6-4-2/h12,14,18,20,79-80,84-85H,3-11,13,15-17,19,21-78H2,1-2H3,(H,83,86)/b14-12-,20-18-. The van der Waals surface area contributed by atoms with Gasteiger partial charge in [-0.05, 0) is 57.8 Å². The third-order valence-electron chi connectivity index (χ3n) is 19.3. The van der Waals surface area contributed by atoms with Crippen molar-refractivity contribution < 1.29 is 24.5 Å². The van der Waals surface area contributed by atoms with Crippen LogP contribution >= 0.6 is 0 Å². The monoisotopic (exact) mass is 1240 g/mol. The first-order valence-corrected chi connectivity index (χ1v) is 40.6. The summed E-state index contributed by atoms with van der Waals surface area (Å²) in [5.74, 6) is -0.00957. The minimum atomic E-state index is -0.664. The number of aliphatic hydroxyl groups is 2. The lowest BCUT2D eigenvalue weighted by atomic mass is 10.0. The molecule has 6 heteroatoms. The van der Waals surface area contributed by atoms with Crippen LogP contribution in [0.5, 0.6) is 0 Å². The van der Waals surface area contributed by atoms with Crippen molar-refractivity contribution in [3.63, 3.8) is 0 Å². The minimum absolute atomic E-state index is 0.0163. The number of carbonyl (C=O) groups is 2. The fourth-order valence-electron chi connectivity index (χ4n) is 13.1. The summed E-state index contributed by atoms with van der Waals surface area (Å²) < 4.78 is 5.52. The molecule has 0 radical (unpaired) electrons. The van der Waals surface area contributed by atoms with Gasteiger partial charge in [0.05, 0.1) is 25.4 Å². The smallest absolute Gasteiger partial charge is 0.305 e. The van der Waals surface area contributed by atoms with Gasteiger partial charge in [-0.1, -0.05) is 417 Å². The average Bonchev–Trinajstić information content (AvgIpc) is 3.55. The molecule has 0 aromatic heterocycles. The SMILES string of the molecule is CCCCC/C=C\C/C=C\CCCCCCCCCCCC(=O)OCCCCCCCCCCCCCCCCCCCCCCCCCCCCCCC(=O)NC(CO)C(O)CCCCCCCCCCCCCCCCCCCCCCCCCC. The van der Waals surface area contributed by atoms with E-state index in [1.54, 1.807) is 0 Å². The van der Waals surface area contributed by atoms with Crippen LogP contribution in [0.1, 0.15) is 463 Å². The van der Waals surface area contributed by atoms with Crippen LogP contribution in [0.4, 0.5) is 0 Å². The van der Waals surface area contributed by atoms with E-state index in [0.717, 1.165) is 51.4 Å². The number of rotatable bonds is 77. The predicted octanol–water partition coefficient (Wildman–Crippen LogP) is 26.8. The minimum Gasteiger partial charge on any atom is -0.466 e. The molecule has 0 aliphatic carbocycles. The summed E-state index contributed by atoms with van der Waals surface area (Å²) in [6, 6.07) is -0.540. The molecule has 0 aromatic carbocycles. The molecule has 2 unspecified atom stereocenters. The van der Waals surface area contributed by atoms with Crippen molar-refractivity contribution in [3.05, 3.63) is 24.3 Å². The van der Waals surface area contributed by atoms with Gasteiger partial charge < -0.3 is 20.3 Å². The van der Waals surface area contributed by atoms with Gasteiger partial charge in [-0.25, -0.2) is 0 Å². The summed E-state index contributed by atoms with van der Waals surface area (Å²) in [6.07, 6.45) is 99.8. The maximum Gasteiger partial charge on any atom is 0.305 e. The Balaban J connectivity index is 3.34. The lowest BCUT2D eigenvalue weighted by molar-refractivity contribution is -0.143. The molecule has 0 rings (SSSR count). The van der Waals surface area contributed by atoms with E-state index in [1.807, 2.05) is 0 Å². The maximum absolute atomic E-state index is 12.6. The molecule has 522 valence electrons. The quantitative estimate of drug-likeness (QED) is 0.0320. The Hall–Kier alpha value is -1.66. The Bertz CT molecular complexity index is 1380. The molecule has 0 heterocycles. The van der Waals surface area contributed by atoms with Gasteiger partial charge in [0.1, 0.15) is 0 Å². The van der Waals surface area contributed by atoms with Gasteiger partial charge in [-0.15, -0.1) is 0 Å². The van der Waals surface area contributed by atoms with Gasteiger partial charge >= 0.3 is 5.97 Å². The van der Waals surface area contributed by atoms with Crippen LogP contribution in [-0.2, 0) is 14.3 Å². The van der Waals surface area contributed by atoms with E-state index >= 15 is 0 Å². The Morgan fingerprint density at radius 1 is 0.318 bits per heavy atom. The highest BCUT2D eigenvalue weighted by atomic mass is 16.5. The van der Waals surface area contributed by atoms with Gasteiger partial charge in [0.15, 0.2) is 0 Å². The second-order valence-corrected chi connectivity index (χ2v) is 28.1. The van der Waals surface area contributed by atoms with Crippen LogP contribution in [0.15, 0.2) is 24.3 Å². The molecule has 0 saturated carbocycles. The average molecular weight is 1240 g/mol. The molecule has 0 aliphatic rings. The summed E-state index contributed by atoms with van der Waals surface area (Å²) in [5, 5.41) is 23.5. The number of esters is 1. The number of ether oxygens (including phenoxy) is 1. The zero-order valence-electron chi connectivity index (χ0n) is 60.0. The van der Waals surface area contributed by atoms with Crippen LogP contribution in [0, 0.1) is 0 Å². The topological polar surface area (TPSA) is 95.9 Å². The second kappa shape index (κ2) is 77.8. The highest BCUT2D eigenvalue weighted by Gasteiger charge is 2.20. The van der Waals surface area contributed by atoms with Crippen molar-refractivity contribution in [2.75, 3.05) is 13.2 Å². The van der Waals surface area contributed by atoms with Gasteiger partial charge in [0, 0.05) is 12.8 Å². The molecule has 2 atom stereocenters. The van der Waals surface area contributed by atoms with Crippen molar-refractivity contribution in [1.29, 1.82) is 0 Å². The number of unbranched alkanes of at least 4 members (excludes halogenated alkanes) is 62. The fourth-order valence-corrected chi connectivity index (χ4v) is 13.1. The first kappa shape index (κ1) is 86.3. The van der Waals surface area contributed by atoms with E-state index in [9.17, 15) is 19.8 Å². The number of amides is 1. The third-order valence-corrected chi connectivity index (χ3v) is 19.3. The summed E-state index contributed by atoms with van der Waals surface area (Å²) >= 11 is 0. The molecule has 0 spiro atoms. The van der Waals surface area contributed by atoms with Crippen molar-refractivity contribution >= 4 is 11.9 Å². The number of nitrogens with one attached hydrogen (secondary N) is 1. The molecule has 88 heavy (non-hydrogen) atoms. The third kappa shape index (κ3) is 73.4. The van der Waals surface area contributed by atoms with Crippen molar-refractivity contribution in [3.8, 4) is 0 Å². The molecule has 0 aliphatic heterocycles.